The average molecular weight is 718 g/mol. The minimum absolute atomic E-state index is 0.390. The minimum atomic E-state index is 0.390. The third-order valence-corrected chi connectivity index (χ3v) is 11.9. The van der Waals surface area contributed by atoms with Crippen molar-refractivity contribution in [2.75, 3.05) is 4.90 Å². The summed E-state index contributed by atoms with van der Waals surface area (Å²) in [5.74, 6) is 0.827. The highest BCUT2D eigenvalue weighted by atomic mass is 16.3. The summed E-state index contributed by atoms with van der Waals surface area (Å²) < 4.78 is 6.18. The summed E-state index contributed by atoms with van der Waals surface area (Å²) in [6.07, 6.45) is 18.5. The lowest BCUT2D eigenvalue weighted by atomic mass is 9.70. The molecule has 3 aliphatic carbocycles. The Hall–Kier alpha value is -6.90. The van der Waals surface area contributed by atoms with Crippen LogP contribution in [0.4, 0.5) is 17.1 Å². The van der Waals surface area contributed by atoms with Crippen LogP contribution in [-0.2, 0) is 0 Å². The molecule has 0 saturated carbocycles. The van der Waals surface area contributed by atoms with Crippen molar-refractivity contribution in [3.05, 3.63) is 217 Å². The topological polar surface area (TPSA) is 16.4 Å². The third-order valence-electron chi connectivity index (χ3n) is 11.9. The molecule has 0 saturated heterocycles. The molecule has 7 aromatic carbocycles. The van der Waals surface area contributed by atoms with Crippen molar-refractivity contribution in [2.45, 2.75) is 12.8 Å². The van der Waals surface area contributed by atoms with Gasteiger partial charge in [0.05, 0.1) is 0 Å². The first-order chi connectivity index (χ1) is 27.7. The van der Waals surface area contributed by atoms with Crippen molar-refractivity contribution in [1.29, 1.82) is 0 Å². The average Bonchev–Trinajstić information content (AvgIpc) is 3.66. The molecule has 0 amide bonds. The molecule has 2 heteroatoms. The molecule has 0 aliphatic heterocycles. The lowest BCUT2D eigenvalue weighted by molar-refractivity contribution is 0.623. The Kier molecular flexibility index (Phi) is 7.81. The summed E-state index contributed by atoms with van der Waals surface area (Å²) in [5, 5.41) is 4.76. The van der Waals surface area contributed by atoms with Crippen LogP contribution in [0.3, 0.4) is 0 Å². The van der Waals surface area contributed by atoms with Crippen LogP contribution >= 0.6 is 0 Å². The summed E-state index contributed by atoms with van der Waals surface area (Å²) in [6, 6.07) is 57.2. The molecule has 2 unspecified atom stereocenters. The maximum absolute atomic E-state index is 6.18. The van der Waals surface area contributed by atoms with E-state index in [9.17, 15) is 0 Å². The van der Waals surface area contributed by atoms with Crippen LogP contribution in [0, 0.1) is 11.8 Å². The molecule has 3 aliphatic rings. The van der Waals surface area contributed by atoms with Gasteiger partial charge >= 0.3 is 0 Å². The molecule has 0 bridgehead atoms. The highest BCUT2D eigenvalue weighted by molar-refractivity contribution is 6.19. The molecular formula is C54H39NO. The largest absolute Gasteiger partial charge is 0.456 e. The number of hydrogen-bond donors (Lipinski definition) is 0. The fourth-order valence-corrected chi connectivity index (χ4v) is 9.17. The molecule has 8 aromatic rings. The van der Waals surface area contributed by atoms with Crippen LogP contribution in [-0.4, -0.2) is 0 Å². The van der Waals surface area contributed by atoms with Crippen molar-refractivity contribution in [3.63, 3.8) is 0 Å². The Morgan fingerprint density at radius 1 is 0.518 bits per heavy atom. The van der Waals surface area contributed by atoms with E-state index in [0.29, 0.717) is 11.8 Å². The van der Waals surface area contributed by atoms with Gasteiger partial charge in [0.15, 0.2) is 0 Å². The van der Waals surface area contributed by atoms with Gasteiger partial charge in [0, 0.05) is 39.7 Å². The second kappa shape index (κ2) is 13.4. The van der Waals surface area contributed by atoms with E-state index in [1.165, 1.54) is 60.7 Å². The van der Waals surface area contributed by atoms with E-state index in [4.69, 9.17) is 4.42 Å². The molecule has 1 heterocycles. The standard InChI is InChI=1S/C54H39NO/c1-2-11-36(12-3-1)39-14-10-15-45(34-39)55(44-29-23-38(24-30-44)51-35-41-13-4-5-16-46(41)48-17-6-7-18-49(48)51)43-27-21-37(22-28-43)40-25-31-47-42(33-40)26-32-53-54(47)50-19-8-9-20-52(50)56-53/h1-6,8-17,19-35,41,46H,7,18H2. The lowest BCUT2D eigenvalue weighted by Crippen LogP contribution is -2.20. The number of para-hydroxylation sites is 1. The summed E-state index contributed by atoms with van der Waals surface area (Å²) in [5.41, 5.74) is 15.6. The Morgan fingerprint density at radius 3 is 2.09 bits per heavy atom. The van der Waals surface area contributed by atoms with Gasteiger partial charge in [0.2, 0.25) is 0 Å². The molecule has 0 N–H and O–H groups in total. The van der Waals surface area contributed by atoms with Gasteiger partial charge in [-0.25, -0.2) is 0 Å². The van der Waals surface area contributed by atoms with Gasteiger partial charge in [-0.2, -0.15) is 0 Å². The maximum Gasteiger partial charge on any atom is 0.136 e. The fraction of sp³-hybridized carbons (Fsp3) is 0.0741. The smallest absolute Gasteiger partial charge is 0.136 e. The Morgan fingerprint density at radius 2 is 1.23 bits per heavy atom. The molecule has 0 radical (unpaired) electrons. The summed E-state index contributed by atoms with van der Waals surface area (Å²) in [4.78, 5) is 2.38. The van der Waals surface area contributed by atoms with E-state index in [2.05, 4.69) is 193 Å². The first kappa shape index (κ1) is 32.5. The molecule has 1 aromatic heterocycles. The number of allylic oxidation sites excluding steroid dienone is 10. The fourth-order valence-electron chi connectivity index (χ4n) is 9.17. The molecule has 266 valence electrons. The second-order valence-electron chi connectivity index (χ2n) is 15.1. The third kappa shape index (κ3) is 5.57. The predicted molar refractivity (Wildman–Crippen MR) is 235 cm³/mol. The van der Waals surface area contributed by atoms with Crippen LogP contribution in [0.1, 0.15) is 18.4 Å². The van der Waals surface area contributed by atoms with E-state index in [1.54, 1.807) is 0 Å². The minimum Gasteiger partial charge on any atom is -0.456 e. The van der Waals surface area contributed by atoms with E-state index in [0.717, 1.165) is 46.5 Å². The first-order valence-electron chi connectivity index (χ1n) is 19.7. The predicted octanol–water partition coefficient (Wildman–Crippen LogP) is 14.9. The first-order valence-corrected chi connectivity index (χ1v) is 19.7. The number of nitrogens with zero attached hydrogens (tertiary/aromatic N) is 1. The van der Waals surface area contributed by atoms with Crippen LogP contribution in [0.5, 0.6) is 0 Å². The number of hydrogen-bond acceptors (Lipinski definition) is 2. The van der Waals surface area contributed by atoms with Gasteiger partial charge < -0.3 is 9.32 Å². The molecule has 0 spiro atoms. The number of benzene rings is 7. The maximum atomic E-state index is 6.18. The van der Waals surface area contributed by atoms with Crippen molar-refractivity contribution in [2.24, 2.45) is 11.8 Å². The van der Waals surface area contributed by atoms with Crippen molar-refractivity contribution in [3.8, 4) is 22.3 Å². The highest BCUT2D eigenvalue weighted by Crippen LogP contribution is 2.46. The van der Waals surface area contributed by atoms with Gasteiger partial charge in [-0.15, -0.1) is 0 Å². The molecule has 56 heavy (non-hydrogen) atoms. The lowest BCUT2D eigenvalue weighted by Gasteiger charge is -2.34. The summed E-state index contributed by atoms with van der Waals surface area (Å²) in [7, 11) is 0. The monoisotopic (exact) mass is 717 g/mol. The van der Waals surface area contributed by atoms with Gasteiger partial charge in [-0.1, -0.05) is 146 Å². The van der Waals surface area contributed by atoms with Crippen molar-refractivity contribution in [1.82, 2.24) is 0 Å². The highest BCUT2D eigenvalue weighted by Gasteiger charge is 2.30. The van der Waals surface area contributed by atoms with Gasteiger partial charge in [-0.3, -0.25) is 0 Å². The Labute approximate surface area is 327 Å². The second-order valence-corrected chi connectivity index (χ2v) is 15.1. The van der Waals surface area contributed by atoms with Gasteiger partial charge in [0.1, 0.15) is 11.2 Å². The van der Waals surface area contributed by atoms with Crippen LogP contribution < -0.4 is 4.90 Å². The zero-order valence-electron chi connectivity index (χ0n) is 31.0. The molecule has 0 fully saturated rings. The Balaban J connectivity index is 0.974. The summed E-state index contributed by atoms with van der Waals surface area (Å²) in [6.45, 7) is 0. The molecule has 2 nitrogen and oxygen atoms in total. The number of anilines is 3. The molecular weight excluding hydrogens is 679 g/mol. The van der Waals surface area contributed by atoms with Gasteiger partial charge in [-0.05, 0) is 123 Å². The zero-order valence-corrected chi connectivity index (χ0v) is 31.0. The zero-order chi connectivity index (χ0) is 37.0. The summed E-state index contributed by atoms with van der Waals surface area (Å²) >= 11 is 0. The van der Waals surface area contributed by atoms with Crippen molar-refractivity contribution >= 4 is 55.3 Å². The van der Waals surface area contributed by atoms with Crippen LogP contribution in [0.15, 0.2) is 216 Å². The van der Waals surface area contributed by atoms with E-state index in [1.807, 2.05) is 12.1 Å². The number of furan rings is 1. The molecule has 2 atom stereocenters. The normalized spacial score (nSPS) is 17.3. The van der Waals surface area contributed by atoms with E-state index in [-0.39, 0.29) is 0 Å². The quantitative estimate of drug-likeness (QED) is 0.170. The SMILES string of the molecule is C1=CC2C=C(c3ccc(N(c4ccc(-c5ccc6c(ccc7oc8ccccc8c76)c5)cc4)c4cccc(-c5ccccc5)c4)cc3)C3=C(C=CCC3)C2C=C1. The van der Waals surface area contributed by atoms with Crippen molar-refractivity contribution < 1.29 is 4.42 Å². The molecule has 11 rings (SSSR count). The Bertz CT molecular complexity index is 2950. The van der Waals surface area contributed by atoms with E-state index < -0.39 is 0 Å². The van der Waals surface area contributed by atoms with Crippen LogP contribution in [0.2, 0.25) is 0 Å². The van der Waals surface area contributed by atoms with Gasteiger partial charge in [0.25, 0.3) is 0 Å². The number of fused-ring (bicyclic) bond motifs is 7. The number of rotatable bonds is 6. The van der Waals surface area contributed by atoms with E-state index >= 15 is 0 Å². The van der Waals surface area contributed by atoms with Crippen LogP contribution in [0.25, 0.3) is 60.5 Å².